The molecule has 0 saturated carbocycles. The van der Waals surface area contributed by atoms with Crippen molar-refractivity contribution in [2.45, 2.75) is 26.5 Å². The molecule has 0 bridgehead atoms. The summed E-state index contributed by atoms with van der Waals surface area (Å²) in [7, 11) is 3.64. The van der Waals surface area contributed by atoms with Crippen LogP contribution in [0.5, 0.6) is 5.75 Å². The van der Waals surface area contributed by atoms with E-state index in [4.69, 9.17) is 19.3 Å². The van der Waals surface area contributed by atoms with Crippen LogP contribution >= 0.6 is 0 Å². The minimum atomic E-state index is -1.09. The molecule has 0 aliphatic carbocycles. The minimum Gasteiger partial charge on any atom is -0.490 e. The number of rotatable bonds is 10. The van der Waals surface area contributed by atoms with E-state index in [1.165, 1.54) is 0 Å². The van der Waals surface area contributed by atoms with E-state index < -0.39 is 5.72 Å². The Morgan fingerprint density at radius 1 is 1.11 bits per heavy atom. The molecule has 0 aliphatic rings. The van der Waals surface area contributed by atoms with Crippen molar-refractivity contribution in [3.8, 4) is 17.2 Å². The Morgan fingerprint density at radius 3 is 2.43 bits per heavy atom. The van der Waals surface area contributed by atoms with Crippen LogP contribution in [-0.4, -0.2) is 65.0 Å². The van der Waals surface area contributed by atoms with E-state index in [9.17, 15) is 5.11 Å². The Balaban J connectivity index is 1.95. The molecule has 1 unspecified atom stereocenters. The maximum absolute atomic E-state index is 10.7. The third-order valence-electron chi connectivity index (χ3n) is 5.67. The quantitative estimate of drug-likeness (QED) is 0.337. The predicted molar refractivity (Wildman–Crippen MR) is 136 cm³/mol. The van der Waals surface area contributed by atoms with Gasteiger partial charge in [0.1, 0.15) is 23.8 Å². The first-order valence-electron chi connectivity index (χ1n) is 11.1. The van der Waals surface area contributed by atoms with Crippen molar-refractivity contribution in [1.29, 1.82) is 0 Å². The zero-order valence-electron chi connectivity index (χ0n) is 20.7. The van der Waals surface area contributed by atoms with Gasteiger partial charge in [-0.3, -0.25) is 9.89 Å². The molecule has 0 radical (unpaired) electrons. The van der Waals surface area contributed by atoms with Gasteiger partial charge >= 0.3 is 0 Å². The fourth-order valence-electron chi connectivity index (χ4n) is 3.23. The molecular formula is C26H31N5O4. The van der Waals surface area contributed by atoms with Gasteiger partial charge in [0.05, 0.1) is 17.9 Å². The summed E-state index contributed by atoms with van der Waals surface area (Å²) in [6.07, 6.45) is 0. The largest absolute Gasteiger partial charge is 0.490 e. The lowest BCUT2D eigenvalue weighted by molar-refractivity contribution is -0.0720. The van der Waals surface area contributed by atoms with Crippen LogP contribution in [0.15, 0.2) is 68.6 Å². The Bertz CT molecular complexity index is 1230. The van der Waals surface area contributed by atoms with E-state index in [2.05, 4.69) is 21.9 Å². The molecule has 1 aromatic heterocycles. The zero-order chi connectivity index (χ0) is 25.6. The van der Waals surface area contributed by atoms with E-state index in [1.54, 1.807) is 30.9 Å². The smallest absolute Gasteiger partial charge is 0.268 e. The number of allylic oxidation sites excluding steroid dienone is 1. The average molecular weight is 478 g/mol. The molecule has 9 nitrogen and oxygen atoms in total. The minimum absolute atomic E-state index is 0.109. The molecule has 1 atom stereocenters. The van der Waals surface area contributed by atoms with Crippen LogP contribution in [0.2, 0.25) is 0 Å². The molecule has 0 aliphatic heterocycles. The second kappa shape index (κ2) is 11.2. The summed E-state index contributed by atoms with van der Waals surface area (Å²) in [4.78, 5) is 10.5. The van der Waals surface area contributed by atoms with Crippen molar-refractivity contribution < 1.29 is 19.4 Å². The van der Waals surface area contributed by atoms with Crippen molar-refractivity contribution >= 4 is 18.1 Å². The van der Waals surface area contributed by atoms with Crippen molar-refractivity contribution in [2.75, 3.05) is 27.3 Å². The number of aliphatic imine (C=N–C) groups is 2. The van der Waals surface area contributed by atoms with Crippen molar-refractivity contribution in [3.63, 3.8) is 0 Å². The van der Waals surface area contributed by atoms with E-state index in [-0.39, 0.29) is 25.0 Å². The molecule has 9 heteroatoms. The zero-order valence-corrected chi connectivity index (χ0v) is 20.7. The Hall–Kier alpha value is -3.66. The first-order chi connectivity index (χ1) is 16.7. The van der Waals surface area contributed by atoms with E-state index in [0.717, 1.165) is 11.1 Å². The maximum atomic E-state index is 10.7. The Morgan fingerprint density at radius 2 is 1.80 bits per heavy atom. The van der Waals surface area contributed by atoms with Gasteiger partial charge in [0.2, 0.25) is 0 Å². The van der Waals surface area contributed by atoms with Gasteiger partial charge in [0.15, 0.2) is 0 Å². The van der Waals surface area contributed by atoms with Crippen LogP contribution in [-0.2, 0) is 5.72 Å². The van der Waals surface area contributed by atoms with Crippen LogP contribution in [0.3, 0.4) is 0 Å². The lowest BCUT2D eigenvalue weighted by atomic mass is 10.0. The number of benzene rings is 2. The number of hydrogen-bond acceptors (Lipinski definition) is 9. The predicted octanol–water partition coefficient (Wildman–Crippen LogP) is 3.73. The fourth-order valence-corrected chi connectivity index (χ4v) is 3.23. The van der Waals surface area contributed by atoms with Crippen LogP contribution < -0.4 is 4.74 Å². The Kier molecular flexibility index (Phi) is 8.29. The molecule has 184 valence electrons. The van der Waals surface area contributed by atoms with Gasteiger partial charge in [0.25, 0.3) is 11.8 Å². The van der Waals surface area contributed by atoms with E-state index in [0.29, 0.717) is 28.4 Å². The summed E-state index contributed by atoms with van der Waals surface area (Å²) in [5.74, 6) is 0.966. The van der Waals surface area contributed by atoms with Crippen LogP contribution in [0, 0.1) is 0 Å². The molecule has 0 spiro atoms. The van der Waals surface area contributed by atoms with Gasteiger partial charge in [-0.2, -0.15) is 0 Å². The highest BCUT2D eigenvalue weighted by molar-refractivity contribution is 6.01. The highest BCUT2D eigenvalue weighted by Crippen LogP contribution is 2.31. The van der Waals surface area contributed by atoms with Gasteiger partial charge in [-0.1, -0.05) is 36.4 Å². The normalized spacial score (nSPS) is 14.5. The summed E-state index contributed by atoms with van der Waals surface area (Å²) in [5.41, 5.74) is 2.77. The Labute approximate surface area is 205 Å². The molecule has 0 fully saturated rings. The number of aliphatic hydroxyl groups is 2. The molecule has 3 rings (SSSR count). The first kappa shape index (κ1) is 26.0. The molecule has 2 N–H and O–H groups in total. The molecule has 1 heterocycles. The number of aromatic nitrogens is 2. The summed E-state index contributed by atoms with van der Waals surface area (Å²) in [5, 5.41) is 28.1. The standard InChI is InChI=1S/C26H31N5O4/c1-17(19-11-13-20(14-12-19)26(3,33)31(5)6)28-23(18(2)27-4)25-30-29-24(35-25)21-9-7-8-10-22(21)34-16-15-32/h7-14,32-33H,4,15-16H2,1-3,5-6H3/b23-18-,28-17+. The number of ether oxygens (including phenoxy) is 1. The topological polar surface area (TPSA) is 117 Å². The van der Waals surface area contributed by atoms with Crippen molar-refractivity contribution in [1.82, 2.24) is 15.1 Å². The third-order valence-corrected chi connectivity index (χ3v) is 5.67. The van der Waals surface area contributed by atoms with Gasteiger partial charge < -0.3 is 19.4 Å². The fraction of sp³-hybridized carbons (Fsp3) is 0.308. The van der Waals surface area contributed by atoms with Gasteiger partial charge in [-0.05, 0) is 64.8 Å². The summed E-state index contributed by atoms with van der Waals surface area (Å²) in [6.45, 7) is 9.02. The lowest BCUT2D eigenvalue weighted by Crippen LogP contribution is -2.38. The molecular weight excluding hydrogens is 446 g/mol. The molecule has 3 aromatic rings. The highest BCUT2D eigenvalue weighted by atomic mass is 16.5. The maximum Gasteiger partial charge on any atom is 0.268 e. The number of para-hydroxylation sites is 1. The second-order valence-electron chi connectivity index (χ2n) is 8.26. The number of hydrogen-bond donors (Lipinski definition) is 2. The van der Waals surface area contributed by atoms with Crippen molar-refractivity contribution in [2.24, 2.45) is 9.98 Å². The molecule has 35 heavy (non-hydrogen) atoms. The average Bonchev–Trinajstić information content (AvgIpc) is 3.35. The second-order valence-corrected chi connectivity index (χ2v) is 8.26. The van der Waals surface area contributed by atoms with Crippen LogP contribution in [0.1, 0.15) is 37.8 Å². The molecule has 0 saturated heterocycles. The molecule has 2 aromatic carbocycles. The SMILES string of the molecule is C=N/C(C)=C(\N=C(/C)c1ccc(C(C)(O)N(C)C)cc1)c1nnc(-c2ccccc2OCCO)o1. The van der Waals surface area contributed by atoms with Crippen LogP contribution in [0.25, 0.3) is 17.2 Å². The molecule has 0 amide bonds. The summed E-state index contributed by atoms with van der Waals surface area (Å²) < 4.78 is 11.5. The first-order valence-corrected chi connectivity index (χ1v) is 11.1. The monoisotopic (exact) mass is 477 g/mol. The van der Waals surface area contributed by atoms with E-state index in [1.807, 2.05) is 57.4 Å². The van der Waals surface area contributed by atoms with E-state index >= 15 is 0 Å². The van der Waals surface area contributed by atoms with Crippen LogP contribution in [0.4, 0.5) is 0 Å². The third kappa shape index (κ3) is 5.89. The van der Waals surface area contributed by atoms with Crippen molar-refractivity contribution in [3.05, 3.63) is 71.2 Å². The summed E-state index contributed by atoms with van der Waals surface area (Å²) >= 11 is 0. The van der Waals surface area contributed by atoms with Gasteiger partial charge in [-0.15, -0.1) is 10.2 Å². The number of nitrogens with zero attached hydrogens (tertiary/aromatic N) is 5. The highest BCUT2D eigenvalue weighted by Gasteiger charge is 2.25. The van der Waals surface area contributed by atoms with Gasteiger partial charge in [0, 0.05) is 5.71 Å². The van der Waals surface area contributed by atoms with Gasteiger partial charge in [-0.25, -0.2) is 4.99 Å². The number of aliphatic hydroxyl groups excluding tert-OH is 1. The lowest BCUT2D eigenvalue weighted by Gasteiger charge is -2.31. The summed E-state index contributed by atoms with van der Waals surface area (Å²) in [6, 6.07) is 14.7.